The third-order valence-electron chi connectivity index (χ3n) is 5.17. The van der Waals surface area contributed by atoms with Gasteiger partial charge in [-0.3, -0.25) is 0 Å². The number of ether oxygens (including phenoxy) is 1. The minimum atomic E-state index is -4.36. The summed E-state index contributed by atoms with van der Waals surface area (Å²) in [6.45, 7) is 5.76. The lowest BCUT2D eigenvalue weighted by Gasteiger charge is -2.39. The van der Waals surface area contributed by atoms with Crippen molar-refractivity contribution in [1.29, 1.82) is 0 Å². The van der Waals surface area contributed by atoms with Crippen LogP contribution < -0.4 is 10.1 Å². The highest BCUT2D eigenvalue weighted by Gasteiger charge is 2.29. The van der Waals surface area contributed by atoms with Crippen molar-refractivity contribution in [3.8, 4) is 5.75 Å². The molecule has 10 heteroatoms. The fourth-order valence-corrected chi connectivity index (χ4v) is 3.59. The fraction of sp³-hybridized carbons (Fsp3) is 0.524. The van der Waals surface area contributed by atoms with Gasteiger partial charge in [0.15, 0.2) is 12.6 Å². The zero-order chi connectivity index (χ0) is 21.6. The normalized spacial score (nSPS) is 19.6. The molecule has 2 heterocycles. The van der Waals surface area contributed by atoms with E-state index in [0.717, 1.165) is 37.6 Å². The van der Waals surface area contributed by atoms with Crippen molar-refractivity contribution in [2.75, 3.05) is 26.2 Å². The number of imidazole rings is 1. The van der Waals surface area contributed by atoms with Gasteiger partial charge < -0.3 is 19.5 Å². The highest BCUT2D eigenvalue weighted by molar-refractivity contribution is 14.0. The SMILES string of the molecule is CCNC(=NCc1cccc(OCC(F)(F)F)c1)N1CCC(C)C(n2ccnc2)C1.I. The average Bonchev–Trinajstić information content (AvgIpc) is 3.24. The van der Waals surface area contributed by atoms with Gasteiger partial charge in [0.2, 0.25) is 0 Å². The molecule has 2 atom stereocenters. The Morgan fingerprint density at radius 3 is 2.84 bits per heavy atom. The molecule has 0 aliphatic carbocycles. The van der Waals surface area contributed by atoms with E-state index in [4.69, 9.17) is 9.73 Å². The molecule has 1 saturated heterocycles. The molecule has 0 radical (unpaired) electrons. The van der Waals surface area contributed by atoms with Gasteiger partial charge in [0.1, 0.15) is 5.75 Å². The second kappa shape index (κ2) is 11.6. The number of guanidine groups is 1. The quantitative estimate of drug-likeness (QED) is 0.327. The number of likely N-dealkylation sites (tertiary alicyclic amines) is 1. The summed E-state index contributed by atoms with van der Waals surface area (Å²) >= 11 is 0. The first kappa shape index (κ1) is 25.3. The molecule has 2 unspecified atom stereocenters. The molecule has 31 heavy (non-hydrogen) atoms. The van der Waals surface area contributed by atoms with Gasteiger partial charge in [-0.15, -0.1) is 24.0 Å². The maximum atomic E-state index is 12.4. The molecule has 1 aromatic heterocycles. The predicted octanol–water partition coefficient (Wildman–Crippen LogP) is 4.49. The topological polar surface area (TPSA) is 54.7 Å². The Kier molecular flexibility index (Phi) is 9.45. The maximum Gasteiger partial charge on any atom is 0.422 e. The van der Waals surface area contributed by atoms with E-state index in [-0.39, 0.29) is 29.7 Å². The largest absolute Gasteiger partial charge is 0.484 e. The highest BCUT2D eigenvalue weighted by atomic mass is 127. The molecule has 0 amide bonds. The number of benzene rings is 1. The first-order valence-electron chi connectivity index (χ1n) is 10.1. The lowest BCUT2D eigenvalue weighted by atomic mass is 9.93. The predicted molar refractivity (Wildman–Crippen MR) is 125 cm³/mol. The van der Waals surface area contributed by atoms with Crippen molar-refractivity contribution in [3.05, 3.63) is 48.5 Å². The summed E-state index contributed by atoms with van der Waals surface area (Å²) in [7, 11) is 0. The Morgan fingerprint density at radius 1 is 1.35 bits per heavy atom. The first-order valence-corrected chi connectivity index (χ1v) is 10.1. The number of nitrogens with one attached hydrogen (secondary N) is 1. The summed E-state index contributed by atoms with van der Waals surface area (Å²) < 4.78 is 44.1. The molecule has 1 N–H and O–H groups in total. The third-order valence-corrected chi connectivity index (χ3v) is 5.17. The Hall–Kier alpha value is -1.98. The summed E-state index contributed by atoms with van der Waals surface area (Å²) in [6, 6.07) is 6.95. The third kappa shape index (κ3) is 7.58. The van der Waals surface area contributed by atoms with E-state index < -0.39 is 12.8 Å². The molecule has 1 aliphatic heterocycles. The maximum absolute atomic E-state index is 12.4. The molecule has 172 valence electrons. The second-order valence-electron chi connectivity index (χ2n) is 7.51. The molecule has 2 aromatic rings. The summed E-state index contributed by atoms with van der Waals surface area (Å²) in [5.41, 5.74) is 0.793. The molecule has 1 fully saturated rings. The van der Waals surface area contributed by atoms with Crippen LogP contribution in [0.3, 0.4) is 0 Å². The number of alkyl halides is 3. The lowest BCUT2D eigenvalue weighted by molar-refractivity contribution is -0.153. The van der Waals surface area contributed by atoms with E-state index in [1.165, 1.54) is 6.07 Å². The Labute approximate surface area is 197 Å². The van der Waals surface area contributed by atoms with Crippen LogP contribution in [0.15, 0.2) is 48.0 Å². The van der Waals surface area contributed by atoms with Crippen molar-refractivity contribution in [1.82, 2.24) is 19.8 Å². The van der Waals surface area contributed by atoms with Crippen molar-refractivity contribution in [2.45, 2.75) is 39.0 Å². The van der Waals surface area contributed by atoms with Gasteiger partial charge >= 0.3 is 6.18 Å². The molecule has 1 aliphatic rings. The molecule has 0 bridgehead atoms. The number of piperidine rings is 1. The van der Waals surface area contributed by atoms with Crippen LogP contribution in [0.4, 0.5) is 13.2 Å². The van der Waals surface area contributed by atoms with Crippen LogP contribution in [0.1, 0.15) is 31.9 Å². The van der Waals surface area contributed by atoms with Crippen LogP contribution in [0, 0.1) is 5.92 Å². The molecule has 0 spiro atoms. The van der Waals surface area contributed by atoms with Gasteiger partial charge in [0.05, 0.1) is 18.9 Å². The molecule has 1 aromatic carbocycles. The van der Waals surface area contributed by atoms with E-state index in [0.29, 0.717) is 18.5 Å². The van der Waals surface area contributed by atoms with E-state index in [1.54, 1.807) is 18.3 Å². The average molecular weight is 551 g/mol. The van der Waals surface area contributed by atoms with Crippen molar-refractivity contribution >= 4 is 29.9 Å². The summed E-state index contributed by atoms with van der Waals surface area (Å²) in [5, 5.41) is 3.33. The first-order chi connectivity index (χ1) is 14.4. The van der Waals surface area contributed by atoms with Crippen LogP contribution in [0.25, 0.3) is 0 Å². The molecular weight excluding hydrogens is 522 g/mol. The number of halogens is 4. The zero-order valence-electron chi connectivity index (χ0n) is 17.7. The summed E-state index contributed by atoms with van der Waals surface area (Å²) in [4.78, 5) is 11.1. The number of nitrogens with zero attached hydrogens (tertiary/aromatic N) is 4. The minimum absolute atomic E-state index is 0. The van der Waals surface area contributed by atoms with Crippen LogP contribution >= 0.6 is 24.0 Å². The fourth-order valence-electron chi connectivity index (χ4n) is 3.59. The Balaban J connectivity index is 0.00000341. The number of hydrogen-bond acceptors (Lipinski definition) is 3. The lowest BCUT2D eigenvalue weighted by Crippen LogP contribution is -2.49. The van der Waals surface area contributed by atoms with Crippen LogP contribution in [0.2, 0.25) is 0 Å². The van der Waals surface area contributed by atoms with Gasteiger partial charge in [0.25, 0.3) is 0 Å². The van der Waals surface area contributed by atoms with Crippen LogP contribution in [-0.4, -0.2) is 52.8 Å². The second-order valence-corrected chi connectivity index (χ2v) is 7.51. The highest BCUT2D eigenvalue weighted by Crippen LogP contribution is 2.27. The Bertz CT molecular complexity index is 829. The van der Waals surface area contributed by atoms with Gasteiger partial charge in [-0.05, 0) is 37.0 Å². The van der Waals surface area contributed by atoms with Crippen molar-refractivity contribution in [2.24, 2.45) is 10.9 Å². The zero-order valence-corrected chi connectivity index (χ0v) is 20.0. The number of aromatic nitrogens is 2. The molecule has 0 saturated carbocycles. The van der Waals surface area contributed by atoms with Crippen molar-refractivity contribution < 1.29 is 17.9 Å². The summed E-state index contributed by atoms with van der Waals surface area (Å²) in [5.74, 6) is 1.52. The number of rotatable bonds is 6. The standard InChI is InChI=1S/C21H28F3N5O.HI/c1-3-26-20(28-9-7-16(2)19(13-28)29-10-8-25-15-29)27-12-17-5-4-6-18(11-17)30-14-21(22,23)24;/h4-6,8,10-11,15-16,19H,3,7,9,12-14H2,1-2H3,(H,26,27);1H. The Morgan fingerprint density at radius 2 is 2.16 bits per heavy atom. The van der Waals surface area contributed by atoms with Gasteiger partial charge in [0, 0.05) is 32.0 Å². The molecule has 3 rings (SSSR count). The van der Waals surface area contributed by atoms with E-state index >= 15 is 0 Å². The minimum Gasteiger partial charge on any atom is -0.484 e. The number of aliphatic imine (C=N–C) groups is 1. The van der Waals surface area contributed by atoms with Crippen molar-refractivity contribution in [3.63, 3.8) is 0 Å². The monoisotopic (exact) mass is 551 g/mol. The smallest absolute Gasteiger partial charge is 0.422 e. The summed E-state index contributed by atoms with van der Waals surface area (Å²) in [6.07, 6.45) is 2.30. The molecular formula is C21H29F3IN5O. The van der Waals surface area contributed by atoms with Gasteiger partial charge in [-0.1, -0.05) is 19.1 Å². The van der Waals surface area contributed by atoms with Crippen LogP contribution in [0.5, 0.6) is 5.75 Å². The number of hydrogen-bond donors (Lipinski definition) is 1. The van der Waals surface area contributed by atoms with Gasteiger partial charge in [-0.2, -0.15) is 13.2 Å². The molecule has 6 nitrogen and oxygen atoms in total. The van der Waals surface area contributed by atoms with E-state index in [2.05, 4.69) is 26.7 Å². The van der Waals surface area contributed by atoms with Gasteiger partial charge in [-0.25, -0.2) is 9.98 Å². The van der Waals surface area contributed by atoms with Crippen LogP contribution in [-0.2, 0) is 6.54 Å². The van der Waals surface area contributed by atoms with E-state index in [9.17, 15) is 13.2 Å². The van der Waals surface area contributed by atoms with E-state index in [1.807, 2.05) is 25.5 Å².